The van der Waals surface area contributed by atoms with Crippen molar-refractivity contribution in [2.45, 2.75) is 19.3 Å². The molecule has 0 atom stereocenters. The number of halogens is 2. The van der Waals surface area contributed by atoms with Gasteiger partial charge in [-0.3, -0.25) is 10.1 Å². The van der Waals surface area contributed by atoms with Crippen LogP contribution >= 0.6 is 11.3 Å². The molecule has 28 heavy (non-hydrogen) atoms. The molecule has 144 valence electrons. The second kappa shape index (κ2) is 8.02. The predicted molar refractivity (Wildman–Crippen MR) is 105 cm³/mol. The van der Waals surface area contributed by atoms with Crippen molar-refractivity contribution in [3.63, 3.8) is 0 Å². The normalized spacial score (nSPS) is 13.7. The summed E-state index contributed by atoms with van der Waals surface area (Å²) in [7, 11) is 0. The van der Waals surface area contributed by atoms with Gasteiger partial charge in [-0.15, -0.1) is 11.3 Å². The number of benzene rings is 1. The molecule has 2 aromatic heterocycles. The summed E-state index contributed by atoms with van der Waals surface area (Å²) < 4.78 is 26.4. The Balaban J connectivity index is 1.47. The fraction of sp³-hybridized carbons (Fsp3) is 0.250. The van der Waals surface area contributed by atoms with Crippen LogP contribution in [0.2, 0.25) is 0 Å². The van der Waals surface area contributed by atoms with Gasteiger partial charge in [-0.25, -0.2) is 18.7 Å². The average Bonchev–Trinajstić information content (AvgIpc) is 3.37. The van der Waals surface area contributed by atoms with Crippen LogP contribution in [0, 0.1) is 11.6 Å². The molecule has 0 aliphatic carbocycles. The molecule has 5 nitrogen and oxygen atoms in total. The maximum Gasteiger partial charge on any atom is 0.261 e. The first-order valence-electron chi connectivity index (χ1n) is 9.00. The van der Waals surface area contributed by atoms with Crippen LogP contribution in [0.25, 0.3) is 0 Å². The molecule has 3 heterocycles. The van der Waals surface area contributed by atoms with Crippen LogP contribution in [0.1, 0.15) is 33.6 Å². The predicted octanol–water partition coefficient (Wildman–Crippen LogP) is 4.26. The third kappa shape index (κ3) is 4.01. The first-order valence-corrected chi connectivity index (χ1v) is 9.82. The molecule has 4 rings (SSSR count). The number of amides is 1. The SMILES string of the molecule is O=C(Nc1ncc(Cc2ccc(F)c(F)c2)s1)c1cccnc1N1CCCC1. The highest BCUT2D eigenvalue weighted by Crippen LogP contribution is 2.25. The lowest BCUT2D eigenvalue weighted by Crippen LogP contribution is -2.24. The van der Waals surface area contributed by atoms with Crippen molar-refractivity contribution in [1.82, 2.24) is 9.97 Å². The summed E-state index contributed by atoms with van der Waals surface area (Å²) in [6.45, 7) is 1.79. The Kier molecular flexibility index (Phi) is 5.29. The van der Waals surface area contributed by atoms with Crippen LogP contribution in [0.4, 0.5) is 19.7 Å². The number of nitrogens with one attached hydrogen (secondary N) is 1. The zero-order valence-electron chi connectivity index (χ0n) is 15.0. The Morgan fingerprint density at radius 2 is 1.96 bits per heavy atom. The molecule has 3 aromatic rings. The molecule has 1 aliphatic heterocycles. The Hall–Kier alpha value is -2.87. The van der Waals surface area contributed by atoms with Crippen molar-refractivity contribution >= 4 is 28.2 Å². The van der Waals surface area contributed by atoms with Crippen molar-refractivity contribution in [2.75, 3.05) is 23.3 Å². The van der Waals surface area contributed by atoms with Crippen molar-refractivity contribution in [2.24, 2.45) is 0 Å². The Morgan fingerprint density at radius 3 is 2.75 bits per heavy atom. The first kappa shape index (κ1) is 18.5. The number of aromatic nitrogens is 2. The molecule has 0 bridgehead atoms. The molecule has 1 N–H and O–H groups in total. The van der Waals surface area contributed by atoms with Gasteiger partial charge >= 0.3 is 0 Å². The fourth-order valence-electron chi connectivity index (χ4n) is 3.22. The van der Waals surface area contributed by atoms with E-state index in [0.717, 1.165) is 36.9 Å². The minimum absolute atomic E-state index is 0.260. The fourth-order valence-corrected chi connectivity index (χ4v) is 4.06. The van der Waals surface area contributed by atoms with E-state index in [0.29, 0.717) is 28.5 Å². The van der Waals surface area contributed by atoms with Crippen LogP contribution < -0.4 is 10.2 Å². The van der Waals surface area contributed by atoms with Crippen molar-refractivity contribution in [1.29, 1.82) is 0 Å². The van der Waals surface area contributed by atoms with Crippen molar-refractivity contribution < 1.29 is 13.6 Å². The smallest absolute Gasteiger partial charge is 0.261 e. The summed E-state index contributed by atoms with van der Waals surface area (Å²) in [4.78, 5) is 24.3. The zero-order valence-corrected chi connectivity index (χ0v) is 15.8. The average molecular weight is 400 g/mol. The van der Waals surface area contributed by atoms with Gasteiger partial charge in [-0.2, -0.15) is 0 Å². The van der Waals surface area contributed by atoms with Crippen LogP contribution in [0.5, 0.6) is 0 Å². The van der Waals surface area contributed by atoms with Crippen LogP contribution in [0.3, 0.4) is 0 Å². The molecule has 1 amide bonds. The minimum Gasteiger partial charge on any atom is -0.356 e. The van der Waals surface area contributed by atoms with E-state index in [2.05, 4.69) is 20.2 Å². The van der Waals surface area contributed by atoms with Crippen LogP contribution in [-0.4, -0.2) is 29.0 Å². The molecule has 0 unspecified atom stereocenters. The Labute approximate surface area is 165 Å². The third-order valence-corrected chi connectivity index (χ3v) is 5.49. The number of pyridine rings is 1. The summed E-state index contributed by atoms with van der Waals surface area (Å²) >= 11 is 1.31. The number of carbonyl (C=O) groups excluding carboxylic acids is 1. The van der Waals surface area contributed by atoms with E-state index in [1.54, 1.807) is 24.5 Å². The number of hydrogen-bond donors (Lipinski definition) is 1. The molecular weight excluding hydrogens is 382 g/mol. The zero-order chi connectivity index (χ0) is 19.5. The van der Waals surface area contributed by atoms with Crippen molar-refractivity contribution in [3.8, 4) is 0 Å². The number of hydrogen-bond acceptors (Lipinski definition) is 5. The Morgan fingerprint density at radius 1 is 1.14 bits per heavy atom. The van der Waals surface area contributed by atoms with Gasteiger partial charge in [0.15, 0.2) is 16.8 Å². The van der Waals surface area contributed by atoms with E-state index in [4.69, 9.17) is 0 Å². The minimum atomic E-state index is -0.874. The monoisotopic (exact) mass is 400 g/mol. The number of carbonyl (C=O) groups is 1. The standard InChI is InChI=1S/C20H18F2N4OS/c21-16-6-5-13(11-17(16)22)10-14-12-24-20(28-14)25-19(27)15-4-3-7-23-18(15)26-8-1-2-9-26/h3-7,11-12H,1-2,8-10H2,(H,24,25,27). The van der Waals surface area contributed by atoms with Crippen LogP contribution in [-0.2, 0) is 6.42 Å². The molecule has 0 radical (unpaired) electrons. The summed E-state index contributed by atoms with van der Waals surface area (Å²) in [6, 6.07) is 7.31. The quantitative estimate of drug-likeness (QED) is 0.695. The highest BCUT2D eigenvalue weighted by Gasteiger charge is 2.21. The third-order valence-electron chi connectivity index (χ3n) is 4.57. The van der Waals surface area contributed by atoms with Crippen molar-refractivity contribution in [3.05, 3.63) is 70.4 Å². The van der Waals surface area contributed by atoms with E-state index in [1.807, 2.05) is 0 Å². The van der Waals surface area contributed by atoms with E-state index in [9.17, 15) is 13.6 Å². The maximum atomic E-state index is 13.4. The molecular formula is C20H18F2N4OS. The summed E-state index contributed by atoms with van der Waals surface area (Å²) in [5.74, 6) is -1.31. The highest BCUT2D eigenvalue weighted by atomic mass is 32.1. The topological polar surface area (TPSA) is 58.1 Å². The van der Waals surface area contributed by atoms with E-state index in [1.165, 1.54) is 23.5 Å². The summed E-state index contributed by atoms with van der Waals surface area (Å²) in [6.07, 6.45) is 5.92. The lowest BCUT2D eigenvalue weighted by Gasteiger charge is -2.19. The first-order chi connectivity index (χ1) is 13.6. The highest BCUT2D eigenvalue weighted by molar-refractivity contribution is 7.15. The van der Waals surface area contributed by atoms with E-state index >= 15 is 0 Å². The van der Waals surface area contributed by atoms with Gasteiger partial charge in [0.1, 0.15) is 5.82 Å². The van der Waals surface area contributed by atoms with Gasteiger partial charge < -0.3 is 4.90 Å². The number of thiazole rings is 1. The second-order valence-electron chi connectivity index (χ2n) is 6.58. The van der Waals surface area contributed by atoms with E-state index < -0.39 is 11.6 Å². The van der Waals surface area contributed by atoms with Crippen LogP contribution in [0.15, 0.2) is 42.7 Å². The van der Waals surface area contributed by atoms with Gasteiger partial charge in [0.2, 0.25) is 0 Å². The summed E-state index contributed by atoms with van der Waals surface area (Å²) in [5, 5.41) is 3.27. The molecule has 1 saturated heterocycles. The number of anilines is 2. The van der Waals surface area contributed by atoms with E-state index in [-0.39, 0.29) is 5.91 Å². The lowest BCUT2D eigenvalue weighted by atomic mass is 10.1. The number of rotatable bonds is 5. The van der Waals surface area contributed by atoms with Gasteiger partial charge in [0.25, 0.3) is 5.91 Å². The molecule has 0 saturated carbocycles. The molecule has 0 spiro atoms. The van der Waals surface area contributed by atoms with Gasteiger partial charge in [0.05, 0.1) is 5.56 Å². The number of nitrogens with zero attached hydrogens (tertiary/aromatic N) is 3. The van der Waals surface area contributed by atoms with Gasteiger partial charge in [0, 0.05) is 36.8 Å². The molecule has 1 aromatic carbocycles. The molecule has 1 aliphatic rings. The molecule has 8 heteroatoms. The summed E-state index contributed by atoms with van der Waals surface area (Å²) in [5.41, 5.74) is 1.16. The lowest BCUT2D eigenvalue weighted by molar-refractivity contribution is 0.102. The second-order valence-corrected chi connectivity index (χ2v) is 7.70. The molecule has 1 fully saturated rings. The largest absolute Gasteiger partial charge is 0.356 e. The van der Waals surface area contributed by atoms with Gasteiger partial charge in [-0.05, 0) is 42.7 Å². The Bertz CT molecular complexity index is 1000. The maximum absolute atomic E-state index is 13.4. The van der Waals surface area contributed by atoms with Gasteiger partial charge in [-0.1, -0.05) is 6.07 Å².